The summed E-state index contributed by atoms with van der Waals surface area (Å²) in [5.41, 5.74) is 5.25. The molecule has 0 radical (unpaired) electrons. The molecule has 8 heteroatoms. The van der Waals surface area contributed by atoms with Crippen LogP contribution in [0.2, 0.25) is 5.02 Å². The van der Waals surface area contributed by atoms with Crippen molar-refractivity contribution in [1.29, 1.82) is 0 Å². The maximum absolute atomic E-state index is 6.11. The molecule has 0 unspecified atom stereocenters. The fraction of sp³-hybridized carbons (Fsp3) is 0.458. The molecule has 2 fully saturated rings. The summed E-state index contributed by atoms with van der Waals surface area (Å²) in [6.45, 7) is 2.57. The summed E-state index contributed by atoms with van der Waals surface area (Å²) in [4.78, 5) is 11.4. The summed E-state index contributed by atoms with van der Waals surface area (Å²) in [6.07, 6.45) is 12.5. The predicted octanol–water partition coefficient (Wildman–Crippen LogP) is 5.30. The fourth-order valence-electron chi connectivity index (χ4n) is 5.18. The minimum absolute atomic E-state index is 0. The normalized spacial score (nSPS) is 21.4. The summed E-state index contributed by atoms with van der Waals surface area (Å²) in [5.74, 6) is 0.490. The Hall–Kier alpha value is -1.99. The molecule has 1 saturated heterocycles. The highest BCUT2D eigenvalue weighted by Gasteiger charge is 2.31. The Balaban J connectivity index is 0.00000144. The second-order valence-electron chi connectivity index (χ2n) is 8.56. The molecule has 6 nitrogen and oxygen atoms in total. The molecule has 32 heavy (non-hydrogen) atoms. The Morgan fingerprint density at radius 2 is 1.66 bits per heavy atom. The third-order valence-corrected chi connectivity index (χ3v) is 7.01. The van der Waals surface area contributed by atoms with Crippen LogP contribution in [-0.4, -0.2) is 49.7 Å². The van der Waals surface area contributed by atoms with Crippen LogP contribution >= 0.6 is 24.0 Å². The lowest BCUT2D eigenvalue weighted by Gasteiger charge is -2.38. The molecular formula is C24H31Cl2N5O. The minimum Gasteiger partial charge on any atom is -0.412 e. The Labute approximate surface area is 200 Å². The second-order valence-corrected chi connectivity index (χ2v) is 9.00. The third kappa shape index (κ3) is 5.15. The standard InChI is InChI=1S/C24H28ClN5.ClH.H2O/c25-19-8-4-17(5-9-19)23-22(21-12-13-26-16-27-21)24(29-28-23)18-6-10-20(11-7-18)30-14-2-1-3-15-30;;/h4-5,8-9,12-13,16,18,20H,1-3,6-7,10-11,14-15H2,(H,28,29);1H;1H2. The summed E-state index contributed by atoms with van der Waals surface area (Å²) < 4.78 is 0. The number of piperidine rings is 1. The zero-order chi connectivity index (χ0) is 20.3. The quantitative estimate of drug-likeness (QED) is 0.554. The van der Waals surface area contributed by atoms with Gasteiger partial charge in [-0.3, -0.25) is 5.10 Å². The Morgan fingerprint density at radius 3 is 2.31 bits per heavy atom. The number of hydrogen-bond donors (Lipinski definition) is 1. The van der Waals surface area contributed by atoms with E-state index in [1.54, 1.807) is 12.5 Å². The van der Waals surface area contributed by atoms with Gasteiger partial charge >= 0.3 is 0 Å². The summed E-state index contributed by atoms with van der Waals surface area (Å²) in [7, 11) is 0. The zero-order valence-electron chi connectivity index (χ0n) is 18.1. The number of nitrogens with zero attached hydrogens (tertiary/aromatic N) is 4. The number of benzene rings is 1. The molecule has 1 aliphatic carbocycles. The summed E-state index contributed by atoms with van der Waals surface area (Å²) in [6, 6.07) is 10.6. The van der Waals surface area contributed by atoms with E-state index < -0.39 is 0 Å². The van der Waals surface area contributed by atoms with Crippen LogP contribution in [-0.2, 0) is 0 Å². The maximum atomic E-state index is 6.11. The van der Waals surface area contributed by atoms with Gasteiger partial charge in [-0.15, -0.1) is 12.4 Å². The molecule has 5 rings (SSSR count). The number of hydrogen-bond acceptors (Lipinski definition) is 4. The SMILES string of the molecule is Cl.Clc1ccc(-c2n[nH]c(C3CCC(N4CCCCC4)CC3)c2-c2ccncn2)cc1.O. The lowest BCUT2D eigenvalue weighted by molar-refractivity contribution is 0.125. The Morgan fingerprint density at radius 1 is 0.938 bits per heavy atom. The molecule has 0 atom stereocenters. The van der Waals surface area contributed by atoms with Gasteiger partial charge < -0.3 is 10.4 Å². The van der Waals surface area contributed by atoms with E-state index in [2.05, 4.69) is 20.0 Å². The molecule has 0 bridgehead atoms. The number of H-pyrrole nitrogens is 1. The Kier molecular flexibility index (Phi) is 8.65. The smallest absolute Gasteiger partial charge is 0.116 e. The lowest BCUT2D eigenvalue weighted by Crippen LogP contribution is -2.41. The van der Waals surface area contributed by atoms with Gasteiger partial charge in [0.25, 0.3) is 0 Å². The summed E-state index contributed by atoms with van der Waals surface area (Å²) in [5, 5.41) is 8.86. The van der Waals surface area contributed by atoms with Crippen molar-refractivity contribution in [3.63, 3.8) is 0 Å². The minimum atomic E-state index is 0. The Bertz CT molecular complexity index is 966. The van der Waals surface area contributed by atoms with E-state index >= 15 is 0 Å². The van der Waals surface area contributed by atoms with Crippen LogP contribution in [0.3, 0.4) is 0 Å². The van der Waals surface area contributed by atoms with Crippen molar-refractivity contribution < 1.29 is 5.48 Å². The average molecular weight is 476 g/mol. The molecule has 2 aliphatic rings. The molecule has 1 saturated carbocycles. The van der Waals surface area contributed by atoms with E-state index in [-0.39, 0.29) is 17.9 Å². The number of aromatic nitrogens is 4. The number of nitrogens with one attached hydrogen (secondary N) is 1. The first-order valence-corrected chi connectivity index (χ1v) is 11.5. The summed E-state index contributed by atoms with van der Waals surface area (Å²) >= 11 is 6.11. The van der Waals surface area contributed by atoms with Crippen LogP contribution < -0.4 is 0 Å². The molecule has 3 heterocycles. The second kappa shape index (κ2) is 11.2. The molecular weight excluding hydrogens is 445 g/mol. The largest absolute Gasteiger partial charge is 0.412 e. The van der Waals surface area contributed by atoms with E-state index in [4.69, 9.17) is 16.7 Å². The molecule has 3 aromatic rings. The third-order valence-electron chi connectivity index (χ3n) is 6.76. The van der Waals surface area contributed by atoms with Gasteiger partial charge in [0, 0.05) is 40.0 Å². The average Bonchev–Trinajstić information content (AvgIpc) is 3.26. The first-order valence-electron chi connectivity index (χ1n) is 11.1. The van der Waals surface area contributed by atoms with Gasteiger partial charge in [0.05, 0.1) is 5.69 Å². The van der Waals surface area contributed by atoms with Gasteiger partial charge in [-0.1, -0.05) is 30.2 Å². The first-order chi connectivity index (χ1) is 14.8. The van der Waals surface area contributed by atoms with Crippen molar-refractivity contribution in [2.75, 3.05) is 13.1 Å². The number of aromatic amines is 1. The fourth-order valence-corrected chi connectivity index (χ4v) is 5.30. The molecule has 0 spiro atoms. The van der Waals surface area contributed by atoms with Gasteiger partial charge in [-0.2, -0.15) is 5.10 Å². The molecule has 0 amide bonds. The van der Waals surface area contributed by atoms with Gasteiger partial charge in [-0.05, 0) is 69.8 Å². The molecule has 172 valence electrons. The highest BCUT2D eigenvalue weighted by atomic mass is 35.5. The number of likely N-dealkylation sites (tertiary alicyclic amines) is 1. The molecule has 3 N–H and O–H groups in total. The molecule has 1 aromatic carbocycles. The van der Waals surface area contributed by atoms with E-state index in [9.17, 15) is 0 Å². The number of rotatable bonds is 4. The van der Waals surface area contributed by atoms with E-state index in [1.807, 2.05) is 30.3 Å². The van der Waals surface area contributed by atoms with Crippen molar-refractivity contribution in [2.45, 2.75) is 56.9 Å². The highest BCUT2D eigenvalue weighted by molar-refractivity contribution is 6.30. The molecule has 2 aromatic heterocycles. The van der Waals surface area contributed by atoms with Crippen molar-refractivity contribution >= 4 is 24.0 Å². The van der Waals surface area contributed by atoms with Gasteiger partial charge in [-0.25, -0.2) is 9.97 Å². The predicted molar refractivity (Wildman–Crippen MR) is 131 cm³/mol. The van der Waals surface area contributed by atoms with Gasteiger partial charge in [0.2, 0.25) is 0 Å². The van der Waals surface area contributed by atoms with E-state index in [0.29, 0.717) is 5.92 Å². The maximum Gasteiger partial charge on any atom is 0.116 e. The topological polar surface area (TPSA) is 89.2 Å². The van der Waals surface area contributed by atoms with Crippen LogP contribution in [0, 0.1) is 0 Å². The zero-order valence-corrected chi connectivity index (χ0v) is 19.7. The van der Waals surface area contributed by atoms with E-state index in [0.717, 1.165) is 33.6 Å². The van der Waals surface area contributed by atoms with Gasteiger partial charge in [0.1, 0.15) is 12.0 Å². The monoisotopic (exact) mass is 475 g/mol. The van der Waals surface area contributed by atoms with Gasteiger partial charge in [0.15, 0.2) is 0 Å². The highest BCUT2D eigenvalue weighted by Crippen LogP contribution is 2.42. The molecule has 1 aliphatic heterocycles. The van der Waals surface area contributed by atoms with Crippen molar-refractivity contribution in [2.24, 2.45) is 0 Å². The van der Waals surface area contributed by atoms with Crippen LogP contribution in [0.4, 0.5) is 0 Å². The first kappa shape index (κ1) is 24.6. The number of halogens is 2. The lowest BCUT2D eigenvalue weighted by atomic mass is 9.81. The van der Waals surface area contributed by atoms with Crippen LogP contribution in [0.5, 0.6) is 0 Å². The van der Waals surface area contributed by atoms with E-state index in [1.165, 1.54) is 63.7 Å². The van der Waals surface area contributed by atoms with Crippen molar-refractivity contribution in [3.8, 4) is 22.5 Å². The van der Waals surface area contributed by atoms with Crippen molar-refractivity contribution in [1.82, 2.24) is 25.1 Å². The van der Waals surface area contributed by atoms with Crippen molar-refractivity contribution in [3.05, 3.63) is 53.6 Å². The van der Waals surface area contributed by atoms with Crippen LogP contribution in [0.1, 0.15) is 56.6 Å². The van der Waals surface area contributed by atoms with Crippen LogP contribution in [0.25, 0.3) is 22.5 Å². The van der Waals surface area contributed by atoms with Crippen LogP contribution in [0.15, 0.2) is 42.9 Å².